The van der Waals surface area contributed by atoms with Gasteiger partial charge in [-0.25, -0.2) is 0 Å². The van der Waals surface area contributed by atoms with Crippen molar-refractivity contribution in [3.8, 4) is 0 Å². The number of carbonyl (C=O) groups is 2. The molecule has 0 saturated heterocycles. The number of nitrogens with one attached hydrogen (secondary N) is 2. The molecular formula is C16H21ClN2O2S. The van der Waals surface area contributed by atoms with Crippen molar-refractivity contribution < 1.29 is 9.59 Å². The maximum Gasteiger partial charge on any atom is 0.243 e. The summed E-state index contributed by atoms with van der Waals surface area (Å²) < 4.78 is 0. The molecule has 2 N–H and O–H groups in total. The molecule has 0 aromatic heterocycles. The fourth-order valence-electron chi connectivity index (χ4n) is 2.45. The third kappa shape index (κ3) is 4.40. The van der Waals surface area contributed by atoms with Crippen molar-refractivity contribution in [1.29, 1.82) is 0 Å². The van der Waals surface area contributed by atoms with Crippen molar-refractivity contribution in [1.82, 2.24) is 10.6 Å². The van der Waals surface area contributed by atoms with Gasteiger partial charge in [0.05, 0.1) is 5.54 Å². The smallest absolute Gasteiger partial charge is 0.243 e. The van der Waals surface area contributed by atoms with Gasteiger partial charge in [0.25, 0.3) is 0 Å². The maximum absolute atomic E-state index is 12.5. The van der Waals surface area contributed by atoms with Crippen molar-refractivity contribution in [2.24, 2.45) is 0 Å². The van der Waals surface area contributed by atoms with Crippen LogP contribution in [0.5, 0.6) is 0 Å². The van der Waals surface area contributed by atoms with Gasteiger partial charge in [0, 0.05) is 11.9 Å². The van der Waals surface area contributed by atoms with Gasteiger partial charge in [0.15, 0.2) is 0 Å². The summed E-state index contributed by atoms with van der Waals surface area (Å²) in [5.74, 6) is 0.529. The summed E-state index contributed by atoms with van der Waals surface area (Å²) in [6, 6.07) is 7.09. The van der Waals surface area contributed by atoms with Gasteiger partial charge in [-0.3, -0.25) is 9.59 Å². The molecule has 0 aliphatic heterocycles. The number of hydrogen-bond acceptors (Lipinski definition) is 3. The Morgan fingerprint density at radius 1 is 1.32 bits per heavy atom. The standard InChI is InChI=1S/C16H21ClN2O2S/c1-11(20)18-14(7-10-22-2)15(21)19-16(8-9-16)12-3-5-13(17)6-4-12/h3-6,14H,7-10H2,1-2H3,(H,18,20)(H,19,21)/t14-/m0/s1. The van der Waals surface area contributed by atoms with Crippen LogP contribution in [0.15, 0.2) is 24.3 Å². The van der Waals surface area contributed by atoms with E-state index in [0.717, 1.165) is 24.2 Å². The third-order valence-electron chi connectivity index (χ3n) is 3.81. The number of amides is 2. The van der Waals surface area contributed by atoms with Crippen LogP contribution in [0.2, 0.25) is 5.02 Å². The molecular weight excluding hydrogens is 320 g/mol. The minimum atomic E-state index is -0.477. The first kappa shape index (κ1) is 17.2. The quantitative estimate of drug-likeness (QED) is 0.802. The van der Waals surface area contributed by atoms with E-state index in [0.29, 0.717) is 11.4 Å². The second-order valence-electron chi connectivity index (χ2n) is 5.61. The Kier molecular flexibility index (Phi) is 5.75. The summed E-state index contributed by atoms with van der Waals surface area (Å²) in [4.78, 5) is 23.8. The number of rotatable bonds is 7. The molecule has 0 spiro atoms. The second-order valence-corrected chi connectivity index (χ2v) is 7.03. The summed E-state index contributed by atoms with van der Waals surface area (Å²) in [5.41, 5.74) is 0.772. The lowest BCUT2D eigenvalue weighted by Crippen LogP contribution is -2.49. The van der Waals surface area contributed by atoms with Crippen LogP contribution < -0.4 is 10.6 Å². The number of halogens is 1. The first-order valence-corrected chi connectivity index (χ1v) is 9.08. The molecule has 2 amide bonds. The zero-order valence-electron chi connectivity index (χ0n) is 12.8. The maximum atomic E-state index is 12.5. The van der Waals surface area contributed by atoms with E-state index in [1.165, 1.54) is 6.92 Å². The van der Waals surface area contributed by atoms with Crippen LogP contribution >= 0.6 is 23.4 Å². The predicted molar refractivity (Wildman–Crippen MR) is 91.1 cm³/mol. The first-order chi connectivity index (χ1) is 10.5. The molecule has 1 aliphatic carbocycles. The van der Waals surface area contributed by atoms with Crippen LogP contribution in [-0.2, 0) is 15.1 Å². The number of carbonyl (C=O) groups excluding carboxylic acids is 2. The minimum absolute atomic E-state index is 0.114. The Labute approximate surface area is 140 Å². The highest BCUT2D eigenvalue weighted by Gasteiger charge is 2.46. The molecule has 120 valence electrons. The summed E-state index contributed by atoms with van der Waals surface area (Å²) >= 11 is 7.58. The van der Waals surface area contributed by atoms with Gasteiger partial charge in [-0.05, 0) is 49.0 Å². The van der Waals surface area contributed by atoms with E-state index in [1.54, 1.807) is 11.8 Å². The lowest BCUT2D eigenvalue weighted by Gasteiger charge is -2.23. The SMILES string of the molecule is CSCC[C@H](NC(C)=O)C(=O)NC1(c2ccc(Cl)cc2)CC1. The summed E-state index contributed by atoms with van der Waals surface area (Å²) in [7, 11) is 0. The Bertz CT molecular complexity index is 544. The summed E-state index contributed by atoms with van der Waals surface area (Å²) in [6.07, 6.45) is 4.44. The first-order valence-electron chi connectivity index (χ1n) is 7.31. The average Bonchev–Trinajstić information content (AvgIpc) is 3.24. The van der Waals surface area contributed by atoms with E-state index in [1.807, 2.05) is 30.5 Å². The van der Waals surface area contributed by atoms with E-state index < -0.39 is 6.04 Å². The molecule has 6 heteroatoms. The normalized spacial score (nSPS) is 16.7. The Balaban J connectivity index is 2.05. The molecule has 4 nitrogen and oxygen atoms in total. The number of benzene rings is 1. The zero-order valence-corrected chi connectivity index (χ0v) is 14.4. The van der Waals surface area contributed by atoms with Gasteiger partial charge in [0.2, 0.25) is 11.8 Å². The molecule has 0 radical (unpaired) electrons. The lowest BCUT2D eigenvalue weighted by atomic mass is 10.0. The monoisotopic (exact) mass is 340 g/mol. The molecule has 2 rings (SSSR count). The van der Waals surface area contributed by atoms with Gasteiger partial charge < -0.3 is 10.6 Å². The van der Waals surface area contributed by atoms with Crippen LogP contribution in [0.1, 0.15) is 31.7 Å². The van der Waals surface area contributed by atoms with Crippen molar-refractivity contribution in [3.05, 3.63) is 34.9 Å². The molecule has 0 bridgehead atoms. The van der Waals surface area contributed by atoms with E-state index in [2.05, 4.69) is 10.6 Å². The van der Waals surface area contributed by atoms with Gasteiger partial charge in [-0.15, -0.1) is 0 Å². The lowest BCUT2D eigenvalue weighted by molar-refractivity contribution is -0.128. The number of hydrogen-bond donors (Lipinski definition) is 2. The molecule has 22 heavy (non-hydrogen) atoms. The second kappa shape index (κ2) is 7.38. The van der Waals surface area contributed by atoms with E-state index in [-0.39, 0.29) is 17.4 Å². The summed E-state index contributed by atoms with van der Waals surface area (Å²) in [5, 5.41) is 6.53. The minimum Gasteiger partial charge on any atom is -0.345 e. The van der Waals surface area contributed by atoms with Crippen molar-refractivity contribution >= 4 is 35.2 Å². The average molecular weight is 341 g/mol. The third-order valence-corrected chi connectivity index (χ3v) is 4.71. The van der Waals surface area contributed by atoms with E-state index >= 15 is 0 Å². The topological polar surface area (TPSA) is 58.2 Å². The fraction of sp³-hybridized carbons (Fsp3) is 0.500. The highest BCUT2D eigenvalue weighted by Crippen LogP contribution is 2.45. The predicted octanol–water partition coefficient (Wildman–Crippen LogP) is 2.70. The molecule has 1 fully saturated rings. The molecule has 0 heterocycles. The van der Waals surface area contributed by atoms with Crippen LogP contribution in [0, 0.1) is 0 Å². The van der Waals surface area contributed by atoms with Crippen molar-refractivity contribution in [2.75, 3.05) is 12.0 Å². The summed E-state index contributed by atoms with van der Waals surface area (Å²) in [6.45, 7) is 1.44. The molecule has 1 aliphatic rings. The Hall–Kier alpha value is -1.20. The van der Waals surface area contributed by atoms with E-state index in [9.17, 15) is 9.59 Å². The van der Waals surface area contributed by atoms with Crippen LogP contribution in [0.3, 0.4) is 0 Å². The van der Waals surface area contributed by atoms with Gasteiger partial charge in [-0.2, -0.15) is 11.8 Å². The molecule has 1 aromatic carbocycles. The zero-order chi connectivity index (χ0) is 16.2. The Morgan fingerprint density at radius 3 is 2.45 bits per heavy atom. The van der Waals surface area contributed by atoms with Crippen molar-refractivity contribution in [3.63, 3.8) is 0 Å². The molecule has 1 saturated carbocycles. The van der Waals surface area contributed by atoms with E-state index in [4.69, 9.17) is 11.6 Å². The fourth-order valence-corrected chi connectivity index (χ4v) is 3.05. The van der Waals surface area contributed by atoms with Crippen molar-refractivity contribution in [2.45, 2.75) is 37.8 Å². The number of thioether (sulfide) groups is 1. The highest BCUT2D eigenvalue weighted by atomic mass is 35.5. The molecule has 0 unspecified atom stereocenters. The largest absolute Gasteiger partial charge is 0.345 e. The Morgan fingerprint density at radius 2 is 1.95 bits per heavy atom. The van der Waals surface area contributed by atoms with Gasteiger partial charge in [0.1, 0.15) is 6.04 Å². The van der Waals surface area contributed by atoms with Gasteiger partial charge in [-0.1, -0.05) is 23.7 Å². The van der Waals surface area contributed by atoms with Gasteiger partial charge >= 0.3 is 0 Å². The molecule has 1 atom stereocenters. The highest BCUT2D eigenvalue weighted by molar-refractivity contribution is 7.98. The van der Waals surface area contributed by atoms with Crippen LogP contribution in [-0.4, -0.2) is 29.9 Å². The van der Waals surface area contributed by atoms with Crippen LogP contribution in [0.25, 0.3) is 0 Å². The van der Waals surface area contributed by atoms with Crippen LogP contribution in [0.4, 0.5) is 0 Å². The molecule has 1 aromatic rings.